The van der Waals surface area contributed by atoms with Crippen LogP contribution in [0.5, 0.6) is 0 Å². The lowest BCUT2D eigenvalue weighted by Crippen LogP contribution is -2.06. The van der Waals surface area contributed by atoms with E-state index in [9.17, 15) is 0 Å². The van der Waals surface area contributed by atoms with E-state index in [0.717, 1.165) is 55.3 Å². The molecule has 0 saturated heterocycles. The Labute approximate surface area is 346 Å². The van der Waals surface area contributed by atoms with Gasteiger partial charge in [0.1, 0.15) is 0 Å². The van der Waals surface area contributed by atoms with Gasteiger partial charge in [0.2, 0.25) is 5.95 Å². The molecular weight excluding hydrogens is 731 g/mol. The molecule has 0 bridgehead atoms. The van der Waals surface area contributed by atoms with Crippen molar-refractivity contribution in [2.75, 3.05) is 0 Å². The van der Waals surface area contributed by atoms with Gasteiger partial charge in [-0.15, -0.1) is 0 Å². The Morgan fingerprint density at radius 2 is 0.783 bits per heavy atom. The van der Waals surface area contributed by atoms with E-state index in [-0.39, 0.29) is 0 Å². The lowest BCUT2D eigenvalue weighted by molar-refractivity contribution is 0.953. The Kier molecular flexibility index (Phi) is 7.78. The van der Waals surface area contributed by atoms with Gasteiger partial charge in [-0.05, 0) is 75.5 Å². The fraction of sp³-hybridized carbons (Fsp3) is 0. The molecule has 0 fully saturated rings. The maximum atomic E-state index is 5.16. The van der Waals surface area contributed by atoms with Crippen molar-refractivity contribution in [3.05, 3.63) is 212 Å². The summed E-state index contributed by atoms with van der Waals surface area (Å²) in [5.74, 6) is 1.84. The van der Waals surface area contributed by atoms with Gasteiger partial charge >= 0.3 is 0 Å². The molecule has 5 heteroatoms. The molecule has 0 aliphatic rings. The summed E-state index contributed by atoms with van der Waals surface area (Å²) in [5, 5.41) is 7.16. The molecule has 0 aliphatic carbocycles. The number of aromatic nitrogens is 5. The molecule has 0 amide bonds. The smallest absolute Gasteiger partial charge is 0.238 e. The van der Waals surface area contributed by atoms with Gasteiger partial charge < -0.3 is 4.57 Å². The van der Waals surface area contributed by atoms with E-state index in [0.29, 0.717) is 17.6 Å². The van der Waals surface area contributed by atoms with Crippen LogP contribution in [0.25, 0.3) is 111 Å². The second-order valence-corrected chi connectivity index (χ2v) is 15.3. The van der Waals surface area contributed by atoms with Crippen LogP contribution in [-0.4, -0.2) is 24.1 Å². The number of benzene rings is 9. The third kappa shape index (κ3) is 5.52. The third-order valence-electron chi connectivity index (χ3n) is 11.8. The minimum absolute atomic E-state index is 0.579. The van der Waals surface area contributed by atoms with Crippen LogP contribution in [0.3, 0.4) is 0 Å². The predicted octanol–water partition coefficient (Wildman–Crippen LogP) is 13.9. The van der Waals surface area contributed by atoms with Crippen LogP contribution in [-0.2, 0) is 0 Å². The molecule has 0 atom stereocenters. The predicted molar refractivity (Wildman–Crippen MR) is 248 cm³/mol. The average molecular weight is 766 g/mol. The molecule has 12 aromatic rings. The van der Waals surface area contributed by atoms with E-state index in [1.165, 1.54) is 38.2 Å². The summed E-state index contributed by atoms with van der Waals surface area (Å²) in [4.78, 5) is 15.3. The molecule has 3 aromatic heterocycles. The molecular formula is C55H35N5. The van der Waals surface area contributed by atoms with Crippen molar-refractivity contribution in [3.63, 3.8) is 0 Å². The Bertz CT molecular complexity index is 3530. The maximum absolute atomic E-state index is 5.16. The van der Waals surface area contributed by atoms with Crippen LogP contribution in [0.1, 0.15) is 0 Å². The number of fused-ring (bicyclic) bond motifs is 7. The zero-order valence-corrected chi connectivity index (χ0v) is 32.4. The number of para-hydroxylation sites is 2. The minimum atomic E-state index is 0.579. The molecule has 0 spiro atoms. The third-order valence-corrected chi connectivity index (χ3v) is 11.8. The van der Waals surface area contributed by atoms with Crippen LogP contribution in [0.4, 0.5) is 0 Å². The highest BCUT2D eigenvalue weighted by atomic mass is 15.2. The lowest BCUT2D eigenvalue weighted by atomic mass is 9.97. The van der Waals surface area contributed by atoms with Gasteiger partial charge in [-0.25, -0.2) is 4.98 Å². The molecule has 0 radical (unpaired) electrons. The summed E-state index contributed by atoms with van der Waals surface area (Å²) in [6.45, 7) is 0. The summed E-state index contributed by atoms with van der Waals surface area (Å²) in [5.41, 5.74) is 12.1. The summed E-state index contributed by atoms with van der Waals surface area (Å²) in [7, 11) is 0. The van der Waals surface area contributed by atoms with Crippen molar-refractivity contribution in [2.45, 2.75) is 0 Å². The maximum Gasteiger partial charge on any atom is 0.238 e. The SMILES string of the molecule is c1ccc(-c2nc(-c3ccccc3)nc(-n3c4ccccc4c4ccc(-c5ccc6c(c5)c5ccccc5n6-c5cc(-c6ccccc6)c6ccccc6c5)cc43)n2)cc1. The first-order valence-corrected chi connectivity index (χ1v) is 20.3. The number of rotatable bonds is 6. The molecule has 60 heavy (non-hydrogen) atoms. The molecule has 3 heterocycles. The van der Waals surface area contributed by atoms with Gasteiger partial charge in [0.15, 0.2) is 11.6 Å². The van der Waals surface area contributed by atoms with Gasteiger partial charge in [0, 0.05) is 38.4 Å². The second kappa shape index (κ2) is 13.8. The second-order valence-electron chi connectivity index (χ2n) is 15.3. The van der Waals surface area contributed by atoms with Crippen LogP contribution >= 0.6 is 0 Å². The van der Waals surface area contributed by atoms with Crippen LogP contribution in [0.15, 0.2) is 212 Å². The molecule has 0 N–H and O–H groups in total. The van der Waals surface area contributed by atoms with Gasteiger partial charge in [-0.2, -0.15) is 9.97 Å². The van der Waals surface area contributed by atoms with Crippen molar-refractivity contribution in [3.8, 4) is 56.7 Å². The molecule has 280 valence electrons. The number of hydrogen-bond donors (Lipinski definition) is 0. The standard InChI is InChI=1S/C55H35N5/c1-4-16-36(17-5-1)47-35-42(32-41-22-10-11-23-43(41)47)59-49-26-14-13-25-45(49)48-33-39(29-31-51(48)59)40-28-30-46-44-24-12-15-27-50(44)60(52(46)34-40)55-57-53(37-18-6-2-7-19-37)56-54(58-55)38-20-8-3-9-21-38/h1-35H. The van der Waals surface area contributed by atoms with Crippen LogP contribution in [0, 0.1) is 0 Å². The average Bonchev–Trinajstić information content (AvgIpc) is 3.84. The van der Waals surface area contributed by atoms with Gasteiger partial charge in [0.25, 0.3) is 0 Å². The Morgan fingerprint density at radius 1 is 0.283 bits per heavy atom. The Balaban J connectivity index is 1.06. The zero-order valence-electron chi connectivity index (χ0n) is 32.4. The molecule has 0 unspecified atom stereocenters. The monoisotopic (exact) mass is 765 g/mol. The highest BCUT2D eigenvalue weighted by Crippen LogP contribution is 2.40. The Morgan fingerprint density at radius 3 is 1.47 bits per heavy atom. The lowest BCUT2D eigenvalue weighted by Gasteiger charge is -2.14. The highest BCUT2D eigenvalue weighted by molar-refractivity contribution is 6.13. The van der Waals surface area contributed by atoms with E-state index < -0.39 is 0 Å². The fourth-order valence-electron chi connectivity index (χ4n) is 8.97. The molecule has 0 saturated carbocycles. The van der Waals surface area contributed by atoms with E-state index in [1.807, 2.05) is 60.7 Å². The molecule has 0 aliphatic heterocycles. The van der Waals surface area contributed by atoms with E-state index in [4.69, 9.17) is 15.0 Å². The van der Waals surface area contributed by atoms with Gasteiger partial charge in [-0.3, -0.25) is 4.57 Å². The van der Waals surface area contributed by atoms with Gasteiger partial charge in [-0.1, -0.05) is 170 Å². The fourth-order valence-corrected chi connectivity index (χ4v) is 8.97. The van der Waals surface area contributed by atoms with Crippen molar-refractivity contribution in [2.24, 2.45) is 0 Å². The number of hydrogen-bond acceptors (Lipinski definition) is 3. The largest absolute Gasteiger partial charge is 0.309 e. The topological polar surface area (TPSA) is 48.5 Å². The van der Waals surface area contributed by atoms with Crippen molar-refractivity contribution < 1.29 is 0 Å². The van der Waals surface area contributed by atoms with Crippen molar-refractivity contribution in [1.82, 2.24) is 24.1 Å². The van der Waals surface area contributed by atoms with Crippen LogP contribution < -0.4 is 0 Å². The van der Waals surface area contributed by atoms with Crippen molar-refractivity contribution in [1.29, 1.82) is 0 Å². The molecule has 12 rings (SSSR count). The van der Waals surface area contributed by atoms with Crippen LogP contribution in [0.2, 0.25) is 0 Å². The van der Waals surface area contributed by atoms with Gasteiger partial charge in [0.05, 0.1) is 22.1 Å². The zero-order chi connectivity index (χ0) is 39.6. The van der Waals surface area contributed by atoms with E-state index in [2.05, 4.69) is 161 Å². The summed E-state index contributed by atoms with van der Waals surface area (Å²) < 4.78 is 4.62. The summed E-state index contributed by atoms with van der Waals surface area (Å²) in [6, 6.07) is 75.3. The summed E-state index contributed by atoms with van der Waals surface area (Å²) >= 11 is 0. The normalized spacial score (nSPS) is 11.7. The quantitative estimate of drug-likeness (QED) is 0.169. The first-order valence-electron chi connectivity index (χ1n) is 20.3. The number of nitrogens with zero attached hydrogens (tertiary/aromatic N) is 5. The van der Waals surface area contributed by atoms with E-state index in [1.54, 1.807) is 0 Å². The minimum Gasteiger partial charge on any atom is -0.309 e. The molecule has 9 aromatic carbocycles. The van der Waals surface area contributed by atoms with E-state index >= 15 is 0 Å². The first kappa shape index (κ1) is 33.9. The Hall–Kier alpha value is -8.15. The van der Waals surface area contributed by atoms with Crippen molar-refractivity contribution >= 4 is 54.4 Å². The summed E-state index contributed by atoms with van der Waals surface area (Å²) in [6.07, 6.45) is 0. The molecule has 5 nitrogen and oxygen atoms in total. The first-order chi connectivity index (χ1) is 29.7. The highest BCUT2D eigenvalue weighted by Gasteiger charge is 2.20.